The molecule has 0 aliphatic rings. The molecule has 0 saturated heterocycles. The predicted molar refractivity (Wildman–Crippen MR) is 62.6 cm³/mol. The van der Waals surface area contributed by atoms with Gasteiger partial charge in [0.05, 0.1) is 10.6 Å². The van der Waals surface area contributed by atoms with Crippen LogP contribution in [0, 0.1) is 6.07 Å². The minimum Gasteiger partial charge on any atom is -0.223 e. The molecule has 3 heteroatoms. The minimum atomic E-state index is -3.24. The summed E-state index contributed by atoms with van der Waals surface area (Å²) in [6.45, 7) is 0. The molecule has 16 heavy (non-hydrogen) atoms. The number of hydrogen-bond donors (Lipinski definition) is 0. The van der Waals surface area contributed by atoms with Gasteiger partial charge < -0.3 is 0 Å². The van der Waals surface area contributed by atoms with E-state index in [0.29, 0.717) is 10.5 Å². The van der Waals surface area contributed by atoms with Crippen molar-refractivity contribution in [1.29, 1.82) is 0 Å². The van der Waals surface area contributed by atoms with E-state index in [4.69, 9.17) is 0 Å². The molecule has 0 N–H and O–H groups in total. The lowest BCUT2D eigenvalue weighted by atomic mass is 10.2. The molecule has 0 bridgehead atoms. The zero-order valence-corrected chi connectivity index (χ0v) is 9.44. The smallest absolute Gasteiger partial charge is 0.182 e. The molecule has 2 nitrogen and oxygen atoms in total. The van der Waals surface area contributed by atoms with Crippen LogP contribution in [0.4, 0.5) is 0 Å². The van der Waals surface area contributed by atoms with Gasteiger partial charge in [0.25, 0.3) is 0 Å². The Kier molecular flexibility index (Phi) is 3.06. The second kappa shape index (κ2) is 4.49. The molecule has 2 rings (SSSR count). The van der Waals surface area contributed by atoms with Gasteiger partial charge >= 0.3 is 0 Å². The normalized spacial score (nSPS) is 11.2. The Morgan fingerprint density at radius 2 is 1.62 bits per heavy atom. The van der Waals surface area contributed by atoms with Crippen LogP contribution in [0.3, 0.4) is 0 Å². The Bertz CT molecular complexity index is 545. The van der Waals surface area contributed by atoms with Crippen molar-refractivity contribution in [1.82, 2.24) is 0 Å². The zero-order valence-electron chi connectivity index (χ0n) is 8.63. The molecule has 1 radical (unpaired) electrons. The van der Waals surface area contributed by atoms with Gasteiger partial charge in [-0.2, -0.15) is 0 Å². The molecular weight excluding hydrogens is 220 g/mol. The van der Waals surface area contributed by atoms with E-state index in [1.165, 1.54) is 0 Å². The lowest BCUT2D eigenvalue weighted by Crippen LogP contribution is -2.04. The van der Waals surface area contributed by atoms with Gasteiger partial charge in [0.15, 0.2) is 9.84 Å². The monoisotopic (exact) mass is 231 g/mol. The van der Waals surface area contributed by atoms with Crippen LogP contribution in [0.1, 0.15) is 5.56 Å². The first-order valence-corrected chi connectivity index (χ1v) is 6.57. The maximum Gasteiger partial charge on any atom is 0.182 e. The Labute approximate surface area is 95.5 Å². The topological polar surface area (TPSA) is 34.1 Å². The highest BCUT2D eigenvalue weighted by Gasteiger charge is 2.14. The van der Waals surface area contributed by atoms with Crippen molar-refractivity contribution in [2.24, 2.45) is 0 Å². The van der Waals surface area contributed by atoms with Crippen molar-refractivity contribution in [3.8, 4) is 0 Å². The molecule has 2 aromatic rings. The summed E-state index contributed by atoms with van der Waals surface area (Å²) in [5, 5.41) is 0. The van der Waals surface area contributed by atoms with Crippen molar-refractivity contribution >= 4 is 9.84 Å². The van der Waals surface area contributed by atoms with Gasteiger partial charge in [0.1, 0.15) is 0 Å². The second-order valence-corrected chi connectivity index (χ2v) is 5.45. The number of hydrogen-bond acceptors (Lipinski definition) is 2. The molecule has 0 atom stereocenters. The van der Waals surface area contributed by atoms with E-state index < -0.39 is 9.84 Å². The van der Waals surface area contributed by atoms with E-state index in [9.17, 15) is 8.42 Å². The molecule has 81 valence electrons. The van der Waals surface area contributed by atoms with E-state index in [-0.39, 0.29) is 5.75 Å². The van der Waals surface area contributed by atoms with Gasteiger partial charge in [0.2, 0.25) is 0 Å². The summed E-state index contributed by atoms with van der Waals surface area (Å²) in [5.41, 5.74) is 0.686. The summed E-state index contributed by atoms with van der Waals surface area (Å²) in [6, 6.07) is 18.5. The van der Waals surface area contributed by atoms with Gasteiger partial charge in [-0.05, 0) is 23.8 Å². The number of rotatable bonds is 3. The molecule has 2 aromatic carbocycles. The van der Waals surface area contributed by atoms with Gasteiger partial charge in [-0.1, -0.05) is 42.5 Å². The summed E-state index contributed by atoms with van der Waals surface area (Å²) < 4.78 is 24.0. The van der Waals surface area contributed by atoms with Crippen LogP contribution in [0.2, 0.25) is 0 Å². The van der Waals surface area contributed by atoms with E-state index in [2.05, 4.69) is 6.07 Å². The van der Waals surface area contributed by atoms with Crippen LogP contribution < -0.4 is 0 Å². The number of benzene rings is 2. The van der Waals surface area contributed by atoms with Gasteiger partial charge in [-0.3, -0.25) is 0 Å². The summed E-state index contributed by atoms with van der Waals surface area (Å²) in [5.74, 6) is -0.00213. The third-order valence-corrected chi connectivity index (χ3v) is 3.90. The van der Waals surface area contributed by atoms with Crippen molar-refractivity contribution in [2.75, 3.05) is 0 Å². The maximum absolute atomic E-state index is 12.0. The minimum absolute atomic E-state index is 0.00213. The van der Waals surface area contributed by atoms with Crippen molar-refractivity contribution in [3.63, 3.8) is 0 Å². The molecule has 0 amide bonds. The molecular formula is C13H11O2S. The molecule has 0 unspecified atom stereocenters. The van der Waals surface area contributed by atoms with Crippen LogP contribution >= 0.6 is 0 Å². The quantitative estimate of drug-likeness (QED) is 0.813. The van der Waals surface area contributed by atoms with Crippen molar-refractivity contribution in [3.05, 3.63) is 66.2 Å². The highest BCUT2D eigenvalue weighted by Crippen LogP contribution is 2.15. The Balaban J connectivity index is 2.29. The molecule has 0 aliphatic heterocycles. The highest BCUT2D eigenvalue weighted by atomic mass is 32.2. The third-order valence-electron chi connectivity index (χ3n) is 2.22. The zero-order chi connectivity index (χ0) is 11.4. The maximum atomic E-state index is 12.0. The fourth-order valence-corrected chi connectivity index (χ4v) is 2.76. The second-order valence-electron chi connectivity index (χ2n) is 3.46. The highest BCUT2D eigenvalue weighted by molar-refractivity contribution is 7.90. The summed E-state index contributed by atoms with van der Waals surface area (Å²) >= 11 is 0. The first-order chi connectivity index (χ1) is 7.68. The van der Waals surface area contributed by atoms with E-state index >= 15 is 0 Å². The molecule has 0 fully saturated rings. The first kappa shape index (κ1) is 10.9. The molecule has 0 aromatic heterocycles. The summed E-state index contributed by atoms with van der Waals surface area (Å²) in [4.78, 5) is 0.354. The molecule has 0 aliphatic carbocycles. The average Bonchev–Trinajstić information content (AvgIpc) is 2.31. The lowest BCUT2D eigenvalue weighted by Gasteiger charge is -2.03. The standard InChI is InChI=1S/C13H11O2S/c14-16(15,13-9-5-2-6-10-13)11-12-7-3-1-4-8-12/h1-7,9-10H,11H2. The van der Waals surface area contributed by atoms with Gasteiger partial charge in [0, 0.05) is 0 Å². The van der Waals surface area contributed by atoms with Gasteiger partial charge in [-0.15, -0.1) is 0 Å². The fraction of sp³-hybridized carbons (Fsp3) is 0.0769. The average molecular weight is 231 g/mol. The Morgan fingerprint density at radius 3 is 2.25 bits per heavy atom. The third kappa shape index (κ3) is 2.49. The summed E-state index contributed by atoms with van der Waals surface area (Å²) in [6.07, 6.45) is 0. The van der Waals surface area contributed by atoms with Crippen molar-refractivity contribution < 1.29 is 8.42 Å². The van der Waals surface area contributed by atoms with E-state index in [0.717, 1.165) is 0 Å². The van der Waals surface area contributed by atoms with Crippen molar-refractivity contribution in [2.45, 2.75) is 10.6 Å². The van der Waals surface area contributed by atoms with Crippen LogP contribution in [0.15, 0.2) is 59.5 Å². The van der Waals surface area contributed by atoms with Crippen LogP contribution in [0.5, 0.6) is 0 Å². The number of sulfone groups is 1. The first-order valence-electron chi connectivity index (χ1n) is 4.92. The van der Waals surface area contributed by atoms with E-state index in [1.807, 2.05) is 12.1 Å². The molecule has 0 saturated carbocycles. The van der Waals surface area contributed by atoms with Crippen LogP contribution in [0.25, 0.3) is 0 Å². The molecule has 0 spiro atoms. The largest absolute Gasteiger partial charge is 0.223 e. The predicted octanol–water partition coefficient (Wildman–Crippen LogP) is 2.46. The van der Waals surface area contributed by atoms with E-state index in [1.54, 1.807) is 42.5 Å². The summed E-state index contributed by atoms with van der Waals surface area (Å²) in [7, 11) is -3.24. The van der Waals surface area contributed by atoms with Crippen LogP contribution in [-0.2, 0) is 15.6 Å². The Hall–Kier alpha value is -1.61. The molecule has 0 heterocycles. The van der Waals surface area contributed by atoms with Crippen LogP contribution in [-0.4, -0.2) is 8.42 Å². The van der Waals surface area contributed by atoms with Gasteiger partial charge in [-0.25, -0.2) is 8.42 Å². The Morgan fingerprint density at radius 1 is 0.938 bits per heavy atom. The SMILES string of the molecule is O=S(=O)(Cc1[c]cccc1)c1ccccc1. The lowest BCUT2D eigenvalue weighted by molar-refractivity contribution is 0.595. The fourth-order valence-electron chi connectivity index (χ4n) is 1.44.